The molecule has 0 radical (unpaired) electrons. The van der Waals surface area contributed by atoms with Gasteiger partial charge in [0, 0.05) is 42.8 Å². The van der Waals surface area contributed by atoms with Gasteiger partial charge in [-0.3, -0.25) is 9.78 Å². The fraction of sp³-hybridized carbons (Fsp3) is 0.417. The maximum absolute atomic E-state index is 14.4. The highest BCUT2D eigenvalue weighted by atomic mass is 19.1. The molecule has 0 aliphatic carbocycles. The molecular weight excluding hydrogens is 425 g/mol. The third kappa shape index (κ3) is 3.97. The maximum Gasteiger partial charge on any atom is 0.250 e. The molecular formula is C24H26FN5O3. The molecule has 1 fully saturated rings. The molecule has 0 spiro atoms. The molecule has 3 aromatic heterocycles. The number of carbonyl (C=O) groups is 1. The molecule has 8 nitrogen and oxygen atoms in total. The lowest BCUT2D eigenvalue weighted by molar-refractivity contribution is -0.129. The summed E-state index contributed by atoms with van der Waals surface area (Å²) >= 11 is 0. The number of aromatic nitrogens is 4. The number of hydrogen-bond donors (Lipinski definition) is 0. The van der Waals surface area contributed by atoms with Crippen molar-refractivity contribution in [2.24, 2.45) is 0 Å². The van der Waals surface area contributed by atoms with Crippen LogP contribution in [0.4, 0.5) is 4.39 Å². The van der Waals surface area contributed by atoms with Gasteiger partial charge in [0.2, 0.25) is 11.8 Å². The van der Waals surface area contributed by atoms with E-state index in [-0.39, 0.29) is 17.8 Å². The minimum Gasteiger partial charge on any atom is -0.479 e. The smallest absolute Gasteiger partial charge is 0.250 e. The minimum absolute atomic E-state index is 0.0511. The van der Waals surface area contributed by atoms with Crippen LogP contribution in [0.15, 0.2) is 30.6 Å². The number of carbonyl (C=O) groups excluding carboxylic acids is 1. The van der Waals surface area contributed by atoms with E-state index in [0.29, 0.717) is 38.2 Å². The van der Waals surface area contributed by atoms with Crippen LogP contribution in [0, 0.1) is 5.82 Å². The Morgan fingerprint density at radius 2 is 2.03 bits per heavy atom. The van der Waals surface area contributed by atoms with Crippen LogP contribution >= 0.6 is 0 Å². The second kappa shape index (κ2) is 8.90. The number of hydrogen-bond acceptors (Lipinski definition) is 6. The molecule has 9 heteroatoms. The van der Waals surface area contributed by atoms with Gasteiger partial charge in [-0.15, -0.1) is 0 Å². The number of fused-ring (bicyclic) bond motifs is 1. The average molecular weight is 452 g/mol. The van der Waals surface area contributed by atoms with Crippen molar-refractivity contribution in [3.05, 3.63) is 53.4 Å². The fourth-order valence-electron chi connectivity index (χ4n) is 4.64. The van der Waals surface area contributed by atoms with Crippen molar-refractivity contribution in [3.8, 4) is 22.8 Å². The third-order valence-corrected chi connectivity index (χ3v) is 6.36. The van der Waals surface area contributed by atoms with Gasteiger partial charge in [-0.2, -0.15) is 5.10 Å². The number of pyridine rings is 2. The number of halogens is 1. The summed E-state index contributed by atoms with van der Waals surface area (Å²) in [5, 5.41) is 4.89. The molecule has 1 unspecified atom stereocenters. The van der Waals surface area contributed by atoms with Crippen LogP contribution in [0.2, 0.25) is 0 Å². The van der Waals surface area contributed by atoms with Crippen LogP contribution < -0.4 is 4.74 Å². The Morgan fingerprint density at radius 3 is 2.79 bits per heavy atom. The fourth-order valence-corrected chi connectivity index (χ4v) is 4.64. The normalized spacial score (nSPS) is 17.1. The molecule has 3 aromatic rings. The van der Waals surface area contributed by atoms with E-state index < -0.39 is 5.82 Å². The van der Waals surface area contributed by atoms with Crippen LogP contribution in [0.5, 0.6) is 5.88 Å². The van der Waals surface area contributed by atoms with Crippen molar-refractivity contribution in [2.45, 2.75) is 38.6 Å². The predicted octanol–water partition coefficient (Wildman–Crippen LogP) is 3.28. The summed E-state index contributed by atoms with van der Waals surface area (Å²) in [6.07, 6.45) is 6.15. The van der Waals surface area contributed by atoms with Crippen LogP contribution in [0.25, 0.3) is 16.9 Å². The summed E-state index contributed by atoms with van der Waals surface area (Å²) < 4.78 is 26.8. The van der Waals surface area contributed by atoms with Crippen molar-refractivity contribution in [1.82, 2.24) is 24.6 Å². The van der Waals surface area contributed by atoms with E-state index in [0.717, 1.165) is 41.2 Å². The molecule has 2 aliphatic heterocycles. The van der Waals surface area contributed by atoms with E-state index in [4.69, 9.17) is 14.6 Å². The molecule has 5 rings (SSSR count). The van der Waals surface area contributed by atoms with Gasteiger partial charge in [0.25, 0.3) is 0 Å². The highest BCUT2D eigenvalue weighted by Gasteiger charge is 2.28. The summed E-state index contributed by atoms with van der Waals surface area (Å²) in [6, 6.07) is 5.20. The molecule has 0 bridgehead atoms. The molecule has 1 amide bonds. The Kier molecular flexibility index (Phi) is 5.80. The van der Waals surface area contributed by atoms with Crippen molar-refractivity contribution in [2.75, 3.05) is 26.9 Å². The standard InChI is InChI=1S/C24H26FN5O3/c1-15(29-9-3-4-22(29)31)20-12-16(5-8-26-20)23-18-6-10-33-11-7-21(18)30(28-23)17-13-19(25)24(32-2)27-14-17/h5,8,12-15H,3-4,6-7,9-11H2,1-2H3. The second-order valence-electron chi connectivity index (χ2n) is 8.32. The number of methoxy groups -OCH3 is 1. The first-order valence-corrected chi connectivity index (χ1v) is 11.2. The number of rotatable bonds is 5. The molecule has 172 valence electrons. The summed E-state index contributed by atoms with van der Waals surface area (Å²) in [7, 11) is 1.39. The van der Waals surface area contributed by atoms with E-state index in [1.54, 1.807) is 17.1 Å². The molecule has 1 atom stereocenters. The van der Waals surface area contributed by atoms with E-state index in [1.807, 2.05) is 24.0 Å². The highest BCUT2D eigenvalue weighted by Crippen LogP contribution is 2.32. The Labute approximate surface area is 191 Å². The molecule has 0 aromatic carbocycles. The Morgan fingerprint density at radius 1 is 1.18 bits per heavy atom. The van der Waals surface area contributed by atoms with Gasteiger partial charge < -0.3 is 14.4 Å². The van der Waals surface area contributed by atoms with Gasteiger partial charge in [-0.25, -0.2) is 14.1 Å². The lowest BCUT2D eigenvalue weighted by Crippen LogP contribution is -2.28. The monoisotopic (exact) mass is 451 g/mol. The topological polar surface area (TPSA) is 82.4 Å². The Balaban J connectivity index is 1.58. The first kappa shape index (κ1) is 21.5. The zero-order chi connectivity index (χ0) is 22.9. The molecule has 0 N–H and O–H groups in total. The summed E-state index contributed by atoms with van der Waals surface area (Å²) in [4.78, 5) is 22.7. The number of ether oxygens (including phenoxy) is 2. The van der Waals surface area contributed by atoms with Gasteiger partial charge >= 0.3 is 0 Å². The lowest BCUT2D eigenvalue weighted by Gasteiger charge is -2.24. The zero-order valence-corrected chi connectivity index (χ0v) is 18.8. The molecule has 2 aliphatic rings. The van der Waals surface area contributed by atoms with E-state index in [2.05, 4.69) is 9.97 Å². The number of nitrogens with zero attached hydrogens (tertiary/aromatic N) is 5. The van der Waals surface area contributed by atoms with E-state index in [1.165, 1.54) is 13.2 Å². The van der Waals surface area contributed by atoms with E-state index >= 15 is 0 Å². The summed E-state index contributed by atoms with van der Waals surface area (Å²) in [6.45, 7) is 3.93. The van der Waals surface area contributed by atoms with Crippen LogP contribution in [0.1, 0.15) is 42.8 Å². The maximum atomic E-state index is 14.4. The molecule has 33 heavy (non-hydrogen) atoms. The first-order chi connectivity index (χ1) is 16.1. The molecule has 1 saturated heterocycles. The van der Waals surface area contributed by atoms with Gasteiger partial charge in [0.1, 0.15) is 0 Å². The summed E-state index contributed by atoms with van der Waals surface area (Å²) in [5.74, 6) is -0.426. The zero-order valence-electron chi connectivity index (χ0n) is 18.8. The quantitative estimate of drug-likeness (QED) is 0.592. The van der Waals surface area contributed by atoms with Crippen molar-refractivity contribution < 1.29 is 18.7 Å². The van der Waals surface area contributed by atoms with Crippen molar-refractivity contribution in [1.29, 1.82) is 0 Å². The summed E-state index contributed by atoms with van der Waals surface area (Å²) in [5.41, 5.74) is 5.14. The van der Waals surface area contributed by atoms with Crippen molar-refractivity contribution >= 4 is 5.91 Å². The first-order valence-electron chi connectivity index (χ1n) is 11.2. The van der Waals surface area contributed by atoms with Crippen LogP contribution in [-0.4, -0.2) is 57.4 Å². The van der Waals surface area contributed by atoms with Crippen LogP contribution in [0.3, 0.4) is 0 Å². The van der Waals surface area contributed by atoms with Gasteiger partial charge in [0.15, 0.2) is 5.82 Å². The third-order valence-electron chi connectivity index (χ3n) is 6.36. The Hall–Kier alpha value is -3.33. The van der Waals surface area contributed by atoms with E-state index in [9.17, 15) is 9.18 Å². The van der Waals surface area contributed by atoms with Crippen LogP contribution in [-0.2, 0) is 22.4 Å². The van der Waals surface area contributed by atoms with Gasteiger partial charge in [-0.1, -0.05) is 0 Å². The average Bonchev–Trinajstić information content (AvgIpc) is 3.33. The Bertz CT molecular complexity index is 1190. The number of likely N-dealkylation sites (tertiary alicyclic amines) is 1. The SMILES string of the molecule is COc1ncc(-n2nc(-c3ccnc(C(C)N4CCCC4=O)c3)c3c2CCOCC3)cc1F. The molecule has 5 heterocycles. The second-order valence-corrected chi connectivity index (χ2v) is 8.32. The van der Waals surface area contributed by atoms with Gasteiger partial charge in [-0.05, 0) is 31.9 Å². The van der Waals surface area contributed by atoms with Crippen molar-refractivity contribution in [3.63, 3.8) is 0 Å². The highest BCUT2D eigenvalue weighted by molar-refractivity contribution is 5.78. The van der Waals surface area contributed by atoms with Gasteiger partial charge in [0.05, 0.1) is 55.3 Å². The lowest BCUT2D eigenvalue weighted by atomic mass is 10.0. The predicted molar refractivity (Wildman–Crippen MR) is 119 cm³/mol. The molecule has 0 saturated carbocycles. The number of amides is 1. The minimum atomic E-state index is -0.541. The largest absolute Gasteiger partial charge is 0.479 e.